The molecule has 2 rings (SSSR count). The molecule has 0 unspecified atom stereocenters. The highest BCUT2D eigenvalue weighted by atomic mass is 79.9. The van der Waals surface area contributed by atoms with Crippen LogP contribution in [0.5, 0.6) is 5.75 Å². The number of rotatable bonds is 5. The summed E-state index contributed by atoms with van der Waals surface area (Å²) < 4.78 is 8.15. The highest BCUT2D eigenvalue weighted by Gasteiger charge is 2.08. The topological polar surface area (TPSA) is 70.1 Å². The van der Waals surface area contributed by atoms with Gasteiger partial charge >= 0.3 is 5.69 Å². The highest BCUT2D eigenvalue weighted by Crippen LogP contribution is 2.17. The van der Waals surface area contributed by atoms with Crippen molar-refractivity contribution in [2.75, 3.05) is 12.3 Å². The van der Waals surface area contributed by atoms with Crippen molar-refractivity contribution in [3.8, 4) is 5.75 Å². The maximum absolute atomic E-state index is 11.9. The van der Waals surface area contributed by atoms with Crippen molar-refractivity contribution in [2.24, 2.45) is 0 Å². The molecular formula is C15H18BrN3O2. The van der Waals surface area contributed by atoms with Gasteiger partial charge < -0.3 is 10.5 Å². The van der Waals surface area contributed by atoms with E-state index in [9.17, 15) is 4.79 Å². The first kappa shape index (κ1) is 15.6. The van der Waals surface area contributed by atoms with Crippen LogP contribution in [-0.4, -0.2) is 16.2 Å². The zero-order valence-electron chi connectivity index (χ0n) is 12.1. The van der Waals surface area contributed by atoms with Crippen LogP contribution < -0.4 is 16.2 Å². The average molecular weight is 352 g/mol. The minimum absolute atomic E-state index is 0.222. The summed E-state index contributed by atoms with van der Waals surface area (Å²) >= 11 is 3.45. The van der Waals surface area contributed by atoms with E-state index in [1.165, 1.54) is 0 Å². The molecule has 1 aromatic heterocycles. The van der Waals surface area contributed by atoms with Crippen LogP contribution in [0.15, 0.2) is 33.5 Å². The molecule has 0 aliphatic carbocycles. The molecule has 0 aliphatic heterocycles. The lowest BCUT2D eigenvalue weighted by atomic mass is 10.3. The van der Waals surface area contributed by atoms with Crippen LogP contribution in [-0.2, 0) is 6.54 Å². The number of nitrogens with two attached hydrogens (primary N) is 1. The number of hydrogen-bond acceptors (Lipinski definition) is 4. The zero-order valence-corrected chi connectivity index (χ0v) is 13.7. The van der Waals surface area contributed by atoms with Gasteiger partial charge in [-0.15, -0.1) is 0 Å². The summed E-state index contributed by atoms with van der Waals surface area (Å²) in [5.41, 5.74) is 7.70. The molecule has 6 heteroatoms. The van der Waals surface area contributed by atoms with E-state index in [1.54, 1.807) is 16.7 Å². The second-order valence-corrected chi connectivity index (χ2v) is 5.59. The molecule has 1 aromatic carbocycles. The lowest BCUT2D eigenvalue weighted by Gasteiger charge is -2.12. The molecule has 5 nitrogen and oxygen atoms in total. The fourth-order valence-electron chi connectivity index (χ4n) is 2.02. The second kappa shape index (κ2) is 6.76. The van der Waals surface area contributed by atoms with Crippen LogP contribution in [0.1, 0.15) is 17.8 Å². The standard InChI is InChI=1S/C15H18BrN3O2/c1-10-14(16)11(2)19(15(20)18-10)8-3-9-21-13-6-4-12(17)5-7-13/h4-7H,3,8-9,17H2,1-2H3. The van der Waals surface area contributed by atoms with E-state index in [-0.39, 0.29) is 5.69 Å². The summed E-state index contributed by atoms with van der Waals surface area (Å²) in [6.45, 7) is 4.82. The van der Waals surface area contributed by atoms with Gasteiger partial charge in [0.05, 0.1) is 16.8 Å². The lowest BCUT2D eigenvalue weighted by Crippen LogP contribution is -2.27. The number of ether oxygens (including phenoxy) is 1. The number of nitrogen functional groups attached to an aromatic ring is 1. The van der Waals surface area contributed by atoms with Gasteiger partial charge in [0.25, 0.3) is 0 Å². The number of aromatic nitrogens is 2. The maximum Gasteiger partial charge on any atom is 0.348 e. The Kier molecular flexibility index (Phi) is 5.01. The molecule has 0 fully saturated rings. The molecule has 2 N–H and O–H groups in total. The van der Waals surface area contributed by atoms with Crippen LogP contribution in [0.25, 0.3) is 0 Å². The largest absolute Gasteiger partial charge is 0.494 e. The van der Waals surface area contributed by atoms with E-state index in [0.29, 0.717) is 24.5 Å². The van der Waals surface area contributed by atoms with Crippen LogP contribution >= 0.6 is 15.9 Å². The Morgan fingerprint density at radius 3 is 2.62 bits per heavy atom. The number of benzene rings is 1. The van der Waals surface area contributed by atoms with E-state index in [2.05, 4.69) is 20.9 Å². The summed E-state index contributed by atoms with van der Waals surface area (Å²) in [4.78, 5) is 15.9. The average Bonchev–Trinajstić information content (AvgIpc) is 2.46. The fourth-order valence-corrected chi connectivity index (χ4v) is 2.32. The Hall–Kier alpha value is -1.82. The monoisotopic (exact) mass is 351 g/mol. The Bertz CT molecular complexity index is 681. The first-order chi connectivity index (χ1) is 9.99. The Morgan fingerprint density at radius 1 is 1.29 bits per heavy atom. The van der Waals surface area contributed by atoms with Crippen molar-refractivity contribution in [1.29, 1.82) is 0 Å². The first-order valence-electron chi connectivity index (χ1n) is 6.71. The van der Waals surface area contributed by atoms with Crippen molar-refractivity contribution >= 4 is 21.6 Å². The van der Waals surface area contributed by atoms with Gasteiger partial charge in [-0.05, 0) is 60.5 Å². The highest BCUT2D eigenvalue weighted by molar-refractivity contribution is 9.10. The number of anilines is 1. The third-order valence-electron chi connectivity index (χ3n) is 3.21. The number of hydrogen-bond donors (Lipinski definition) is 1. The minimum atomic E-state index is -0.222. The number of aryl methyl sites for hydroxylation is 1. The van der Waals surface area contributed by atoms with Crippen LogP contribution in [0.4, 0.5) is 5.69 Å². The normalized spacial score (nSPS) is 10.6. The molecule has 112 valence electrons. The minimum Gasteiger partial charge on any atom is -0.494 e. The van der Waals surface area contributed by atoms with Crippen molar-refractivity contribution in [3.63, 3.8) is 0 Å². The van der Waals surface area contributed by atoms with Crippen LogP contribution in [0, 0.1) is 13.8 Å². The lowest BCUT2D eigenvalue weighted by molar-refractivity contribution is 0.300. The molecule has 2 aromatic rings. The Balaban J connectivity index is 1.94. The van der Waals surface area contributed by atoms with Gasteiger partial charge in [0.2, 0.25) is 0 Å². The Labute approximate surface area is 131 Å². The van der Waals surface area contributed by atoms with E-state index in [1.807, 2.05) is 26.0 Å². The Morgan fingerprint density at radius 2 is 1.95 bits per heavy atom. The number of halogens is 1. The van der Waals surface area contributed by atoms with Crippen LogP contribution in [0.2, 0.25) is 0 Å². The van der Waals surface area contributed by atoms with Crippen molar-refractivity contribution in [1.82, 2.24) is 9.55 Å². The quantitative estimate of drug-likeness (QED) is 0.664. The number of nitrogens with zero attached hydrogens (tertiary/aromatic N) is 2. The first-order valence-corrected chi connectivity index (χ1v) is 7.50. The summed E-state index contributed by atoms with van der Waals surface area (Å²) in [5, 5.41) is 0. The summed E-state index contributed by atoms with van der Waals surface area (Å²) in [6, 6.07) is 7.25. The molecule has 0 saturated carbocycles. The molecule has 0 atom stereocenters. The van der Waals surface area contributed by atoms with Gasteiger partial charge in [0.15, 0.2) is 0 Å². The maximum atomic E-state index is 11.9. The third-order valence-corrected chi connectivity index (χ3v) is 4.36. The smallest absolute Gasteiger partial charge is 0.348 e. The van der Waals surface area contributed by atoms with Gasteiger partial charge in [0.1, 0.15) is 5.75 Å². The molecule has 21 heavy (non-hydrogen) atoms. The van der Waals surface area contributed by atoms with Gasteiger partial charge in [-0.2, -0.15) is 4.98 Å². The SMILES string of the molecule is Cc1nc(=O)n(CCCOc2ccc(N)cc2)c(C)c1Br. The van der Waals surface area contributed by atoms with Gasteiger partial charge in [-0.1, -0.05) is 0 Å². The van der Waals surface area contributed by atoms with Gasteiger partial charge in [-0.3, -0.25) is 4.57 Å². The van der Waals surface area contributed by atoms with Gasteiger partial charge in [-0.25, -0.2) is 4.79 Å². The summed E-state index contributed by atoms with van der Waals surface area (Å²) in [7, 11) is 0. The molecule has 0 radical (unpaired) electrons. The van der Waals surface area contributed by atoms with E-state index < -0.39 is 0 Å². The second-order valence-electron chi connectivity index (χ2n) is 4.80. The molecule has 0 bridgehead atoms. The zero-order chi connectivity index (χ0) is 15.4. The van der Waals surface area contributed by atoms with E-state index >= 15 is 0 Å². The molecule has 1 heterocycles. The van der Waals surface area contributed by atoms with Crippen LogP contribution in [0.3, 0.4) is 0 Å². The molecule has 0 spiro atoms. The summed E-state index contributed by atoms with van der Waals surface area (Å²) in [5.74, 6) is 0.775. The van der Waals surface area contributed by atoms with E-state index in [0.717, 1.165) is 22.3 Å². The van der Waals surface area contributed by atoms with Gasteiger partial charge in [0, 0.05) is 17.9 Å². The molecule has 0 amide bonds. The molecular weight excluding hydrogens is 334 g/mol. The van der Waals surface area contributed by atoms with E-state index in [4.69, 9.17) is 10.5 Å². The third kappa shape index (κ3) is 3.85. The molecule has 0 aliphatic rings. The fraction of sp³-hybridized carbons (Fsp3) is 0.333. The predicted molar refractivity (Wildman–Crippen MR) is 86.6 cm³/mol. The summed E-state index contributed by atoms with van der Waals surface area (Å²) in [6.07, 6.45) is 0.725. The van der Waals surface area contributed by atoms with Crippen molar-refractivity contribution < 1.29 is 4.74 Å². The van der Waals surface area contributed by atoms with Crippen molar-refractivity contribution in [3.05, 3.63) is 50.6 Å². The van der Waals surface area contributed by atoms with Crippen molar-refractivity contribution in [2.45, 2.75) is 26.8 Å². The predicted octanol–water partition coefficient (Wildman–Crippen LogP) is 2.67. The molecule has 0 saturated heterocycles.